The van der Waals surface area contributed by atoms with Gasteiger partial charge in [0, 0.05) is 0 Å². The predicted molar refractivity (Wildman–Crippen MR) is 78.9 cm³/mol. The Hall–Kier alpha value is -1.18. The van der Waals surface area contributed by atoms with E-state index >= 15 is 0 Å². The van der Waals surface area contributed by atoms with Gasteiger partial charge in [0.05, 0.1) is 16.9 Å². The fourth-order valence-corrected chi connectivity index (χ4v) is 3.27. The maximum atomic E-state index is 13.2. The number of halogens is 3. The Morgan fingerprint density at radius 2 is 2.05 bits per heavy atom. The molecule has 1 heterocycles. The average Bonchev–Trinajstić information content (AvgIpc) is 2.36. The van der Waals surface area contributed by atoms with E-state index in [1.165, 1.54) is 12.3 Å². The zero-order chi connectivity index (χ0) is 14.9. The molecular formula is C12H9BrClFN2O2S. The minimum Gasteiger partial charge on any atom is -0.278 e. The van der Waals surface area contributed by atoms with E-state index in [1.807, 2.05) is 0 Å². The van der Waals surface area contributed by atoms with Gasteiger partial charge in [0.1, 0.15) is 15.3 Å². The highest BCUT2D eigenvalue weighted by molar-refractivity contribution is 9.10. The van der Waals surface area contributed by atoms with Gasteiger partial charge in [-0.3, -0.25) is 4.72 Å². The molecule has 8 heteroatoms. The molecule has 1 aromatic heterocycles. The first-order valence-corrected chi connectivity index (χ1v) is 8.05. The summed E-state index contributed by atoms with van der Waals surface area (Å²) < 4.78 is 40.4. The van der Waals surface area contributed by atoms with Crippen LogP contribution in [0.1, 0.15) is 5.56 Å². The van der Waals surface area contributed by atoms with Gasteiger partial charge in [0.25, 0.3) is 10.0 Å². The molecule has 0 saturated heterocycles. The van der Waals surface area contributed by atoms with Gasteiger partial charge < -0.3 is 0 Å². The lowest BCUT2D eigenvalue weighted by Gasteiger charge is -2.10. The van der Waals surface area contributed by atoms with Crippen LogP contribution in [-0.4, -0.2) is 13.4 Å². The third-order valence-electron chi connectivity index (χ3n) is 2.45. The molecule has 2 aromatic rings. The molecule has 0 bridgehead atoms. The maximum absolute atomic E-state index is 13.2. The van der Waals surface area contributed by atoms with Crippen LogP contribution in [0, 0.1) is 12.7 Å². The van der Waals surface area contributed by atoms with Crippen LogP contribution in [0.5, 0.6) is 0 Å². The number of aryl methyl sites for hydroxylation is 1. The lowest BCUT2D eigenvalue weighted by atomic mass is 10.3. The molecular weight excluding hydrogens is 371 g/mol. The second-order valence-electron chi connectivity index (χ2n) is 4.01. The Kier molecular flexibility index (Phi) is 4.31. The van der Waals surface area contributed by atoms with Gasteiger partial charge in [-0.15, -0.1) is 0 Å². The maximum Gasteiger partial charge on any atom is 0.263 e. The smallest absolute Gasteiger partial charge is 0.263 e. The summed E-state index contributed by atoms with van der Waals surface area (Å²) in [6.45, 7) is 1.77. The number of nitrogens with zero attached hydrogens (tertiary/aromatic N) is 1. The summed E-state index contributed by atoms with van der Waals surface area (Å²) in [4.78, 5) is 3.66. The second-order valence-corrected chi connectivity index (χ2v) is 6.82. The van der Waals surface area contributed by atoms with Crippen molar-refractivity contribution >= 4 is 43.2 Å². The van der Waals surface area contributed by atoms with E-state index in [1.54, 1.807) is 13.0 Å². The normalized spacial score (nSPS) is 11.4. The SMILES string of the molecule is Cc1cc(NS(=O)(=O)c2cc(F)ccc2Cl)cnc1Br. The van der Waals surface area contributed by atoms with Crippen LogP contribution in [0.15, 0.2) is 40.0 Å². The predicted octanol–water partition coefficient (Wildman–Crippen LogP) is 3.75. The summed E-state index contributed by atoms with van der Waals surface area (Å²) in [5.74, 6) is -0.681. The monoisotopic (exact) mass is 378 g/mol. The molecule has 0 spiro atoms. The summed E-state index contributed by atoms with van der Waals surface area (Å²) in [5, 5.41) is -0.0549. The van der Waals surface area contributed by atoms with Crippen LogP contribution in [0.4, 0.5) is 10.1 Å². The van der Waals surface area contributed by atoms with Crippen molar-refractivity contribution in [2.45, 2.75) is 11.8 Å². The van der Waals surface area contributed by atoms with E-state index in [9.17, 15) is 12.8 Å². The first kappa shape index (κ1) is 15.2. The zero-order valence-electron chi connectivity index (χ0n) is 10.2. The Morgan fingerprint density at radius 3 is 2.70 bits per heavy atom. The fraction of sp³-hybridized carbons (Fsp3) is 0.0833. The summed E-state index contributed by atoms with van der Waals surface area (Å²) >= 11 is 9.01. The van der Waals surface area contributed by atoms with E-state index in [0.29, 0.717) is 4.60 Å². The van der Waals surface area contributed by atoms with E-state index in [2.05, 4.69) is 25.6 Å². The van der Waals surface area contributed by atoms with Gasteiger partial charge in [-0.2, -0.15) is 0 Å². The van der Waals surface area contributed by atoms with Crippen LogP contribution in [0.25, 0.3) is 0 Å². The Balaban J connectivity index is 2.40. The molecule has 0 aliphatic carbocycles. The zero-order valence-corrected chi connectivity index (χ0v) is 13.4. The van der Waals surface area contributed by atoms with E-state index in [4.69, 9.17) is 11.6 Å². The number of hydrogen-bond acceptors (Lipinski definition) is 3. The van der Waals surface area contributed by atoms with Gasteiger partial charge in [-0.1, -0.05) is 11.6 Å². The molecule has 0 radical (unpaired) electrons. The minimum atomic E-state index is -3.97. The first-order valence-electron chi connectivity index (χ1n) is 5.39. The number of sulfonamides is 1. The highest BCUT2D eigenvalue weighted by Crippen LogP contribution is 2.25. The number of benzene rings is 1. The molecule has 0 aliphatic rings. The highest BCUT2D eigenvalue weighted by Gasteiger charge is 2.19. The minimum absolute atomic E-state index is 0.0549. The average molecular weight is 380 g/mol. The first-order chi connectivity index (χ1) is 9.29. The van der Waals surface area contributed by atoms with Crippen molar-refractivity contribution in [3.05, 3.63) is 51.5 Å². The molecule has 1 aromatic carbocycles. The van der Waals surface area contributed by atoms with Gasteiger partial charge in [0.2, 0.25) is 0 Å². The van der Waals surface area contributed by atoms with Crippen LogP contribution in [0.2, 0.25) is 5.02 Å². The summed E-state index contributed by atoms with van der Waals surface area (Å²) in [6, 6.07) is 4.74. The van der Waals surface area contributed by atoms with E-state index in [-0.39, 0.29) is 15.6 Å². The van der Waals surface area contributed by atoms with Crippen molar-refractivity contribution in [1.29, 1.82) is 0 Å². The molecule has 20 heavy (non-hydrogen) atoms. The van der Waals surface area contributed by atoms with E-state index in [0.717, 1.165) is 17.7 Å². The van der Waals surface area contributed by atoms with Crippen molar-refractivity contribution in [3.63, 3.8) is 0 Å². The second kappa shape index (κ2) is 5.67. The number of hydrogen-bond donors (Lipinski definition) is 1. The summed E-state index contributed by atoms with van der Waals surface area (Å²) in [6.07, 6.45) is 1.35. The molecule has 0 unspecified atom stereocenters. The quantitative estimate of drug-likeness (QED) is 0.826. The molecule has 1 N–H and O–H groups in total. The lowest BCUT2D eigenvalue weighted by Crippen LogP contribution is -2.14. The van der Waals surface area contributed by atoms with Crippen molar-refractivity contribution in [2.24, 2.45) is 0 Å². The van der Waals surface area contributed by atoms with Crippen LogP contribution in [-0.2, 0) is 10.0 Å². The van der Waals surface area contributed by atoms with Gasteiger partial charge in [-0.05, 0) is 52.7 Å². The number of rotatable bonds is 3. The molecule has 0 saturated carbocycles. The van der Waals surface area contributed by atoms with Gasteiger partial charge in [-0.25, -0.2) is 17.8 Å². The standard InChI is InChI=1S/C12H9BrClFN2O2S/c1-7-4-9(6-16-12(7)13)17-20(18,19)11-5-8(15)2-3-10(11)14/h2-6,17H,1H3. The van der Waals surface area contributed by atoms with Crippen molar-refractivity contribution in [3.8, 4) is 0 Å². The molecule has 0 atom stereocenters. The number of anilines is 1. The van der Waals surface area contributed by atoms with Crippen LogP contribution < -0.4 is 4.72 Å². The largest absolute Gasteiger partial charge is 0.278 e. The summed E-state index contributed by atoms with van der Waals surface area (Å²) in [7, 11) is -3.97. The number of aromatic nitrogens is 1. The Labute approximate surface area is 129 Å². The van der Waals surface area contributed by atoms with Crippen LogP contribution in [0.3, 0.4) is 0 Å². The Bertz CT molecular complexity index is 768. The molecule has 0 aliphatic heterocycles. The van der Waals surface area contributed by atoms with Gasteiger partial charge >= 0.3 is 0 Å². The van der Waals surface area contributed by atoms with Crippen molar-refractivity contribution < 1.29 is 12.8 Å². The van der Waals surface area contributed by atoms with Crippen LogP contribution >= 0.6 is 27.5 Å². The third kappa shape index (κ3) is 3.28. The number of nitrogens with one attached hydrogen (secondary N) is 1. The molecule has 0 amide bonds. The lowest BCUT2D eigenvalue weighted by molar-refractivity contribution is 0.595. The fourth-order valence-electron chi connectivity index (χ4n) is 1.51. The van der Waals surface area contributed by atoms with Crippen molar-refractivity contribution in [2.75, 3.05) is 4.72 Å². The number of pyridine rings is 1. The Morgan fingerprint density at radius 1 is 1.35 bits per heavy atom. The van der Waals surface area contributed by atoms with Crippen molar-refractivity contribution in [1.82, 2.24) is 4.98 Å². The summed E-state index contributed by atoms with van der Waals surface area (Å²) in [5.41, 5.74) is 1.03. The molecule has 106 valence electrons. The third-order valence-corrected chi connectivity index (χ3v) is 5.14. The molecule has 2 rings (SSSR count). The molecule has 0 fully saturated rings. The highest BCUT2D eigenvalue weighted by atomic mass is 79.9. The molecule has 4 nitrogen and oxygen atoms in total. The topological polar surface area (TPSA) is 59.1 Å². The van der Waals surface area contributed by atoms with Gasteiger partial charge in [0.15, 0.2) is 0 Å². The van der Waals surface area contributed by atoms with E-state index < -0.39 is 15.8 Å².